The Kier molecular flexibility index (Phi) is 9.40. The minimum Gasteiger partial charge on any atom is -0.481 e. The average Bonchev–Trinajstić information content (AvgIpc) is 2.53. The minimum absolute atomic E-state index is 0.684. The third kappa shape index (κ3) is 5.69. The fraction of sp³-hybridized carbons (Fsp3) is 0.769. The van der Waals surface area contributed by atoms with Gasteiger partial charge in [-0.3, -0.25) is 14.4 Å². The van der Waals surface area contributed by atoms with Crippen LogP contribution in [-0.4, -0.2) is 85.7 Å². The van der Waals surface area contributed by atoms with Gasteiger partial charge in [-0.15, -0.1) is 0 Å². The molecule has 0 aromatic rings. The molecule has 1 unspecified atom stereocenters. The maximum absolute atomic E-state index is 11.6. The second kappa shape index (κ2) is 10.2. The van der Waals surface area contributed by atoms with Crippen LogP contribution in [0.1, 0.15) is 20.3 Å². The van der Waals surface area contributed by atoms with E-state index in [1.807, 2.05) is 19.2 Å². The maximum atomic E-state index is 11.6. The van der Waals surface area contributed by atoms with E-state index in [9.17, 15) is 29.7 Å². The summed E-state index contributed by atoms with van der Waals surface area (Å²) in [4.78, 5) is 33.0. The Morgan fingerprint density at radius 3 is 1.96 bits per heavy atom. The molecule has 24 heavy (non-hydrogen) atoms. The number of ether oxygens (including phenoxy) is 1. The molecule has 1 saturated heterocycles. The Morgan fingerprint density at radius 2 is 1.54 bits per heavy atom. The van der Waals surface area contributed by atoms with Crippen molar-refractivity contribution >= 4 is 17.8 Å². The van der Waals surface area contributed by atoms with Crippen LogP contribution in [0.2, 0.25) is 0 Å². The summed E-state index contributed by atoms with van der Waals surface area (Å²) in [7, 11) is 0. The lowest BCUT2D eigenvalue weighted by Gasteiger charge is -2.40. The fourth-order valence-corrected chi connectivity index (χ4v) is 1.96. The van der Waals surface area contributed by atoms with Crippen molar-refractivity contribution in [1.29, 1.82) is 0 Å². The van der Waals surface area contributed by atoms with Crippen LogP contribution < -0.4 is 5.32 Å². The van der Waals surface area contributed by atoms with Gasteiger partial charge in [0, 0.05) is 0 Å². The molecule has 1 fully saturated rings. The Hall–Kier alpha value is -1.79. The van der Waals surface area contributed by atoms with Crippen molar-refractivity contribution in [3.8, 4) is 0 Å². The van der Waals surface area contributed by atoms with E-state index in [0.29, 0.717) is 0 Å². The molecule has 0 spiro atoms. The number of rotatable bonds is 6. The van der Waals surface area contributed by atoms with E-state index in [4.69, 9.17) is 20.1 Å². The standard InChI is InChI=1S/C11H17NO10.C2H6/c13-2-4-7(15)8(16)6(11(21)22-4)12-5(14)1-3(9(17)18)10(19)20;1-2/h3-4,6-8,11,13,15-16,21H,1-2H2,(H,12,14)(H,17,18)(H,19,20);1-2H3/t4-,6-,7-,8-,11?;/m1./s1. The third-order valence-corrected chi connectivity index (χ3v) is 3.21. The summed E-state index contributed by atoms with van der Waals surface area (Å²) in [6, 6.07) is -1.51. The van der Waals surface area contributed by atoms with Crippen molar-refractivity contribution in [1.82, 2.24) is 5.32 Å². The first-order chi connectivity index (χ1) is 11.2. The van der Waals surface area contributed by atoms with Crippen molar-refractivity contribution in [3.63, 3.8) is 0 Å². The second-order valence-corrected chi connectivity index (χ2v) is 4.76. The van der Waals surface area contributed by atoms with Gasteiger partial charge >= 0.3 is 11.9 Å². The number of hydrogen-bond donors (Lipinski definition) is 7. The Bertz CT molecular complexity index is 428. The van der Waals surface area contributed by atoms with E-state index in [2.05, 4.69) is 0 Å². The molecule has 11 nitrogen and oxygen atoms in total. The van der Waals surface area contributed by atoms with Crippen LogP contribution in [0.25, 0.3) is 0 Å². The van der Waals surface area contributed by atoms with Gasteiger partial charge in [0.25, 0.3) is 0 Å². The Labute approximate surface area is 137 Å². The van der Waals surface area contributed by atoms with Crippen LogP contribution in [0.3, 0.4) is 0 Å². The van der Waals surface area contributed by atoms with Gasteiger partial charge in [-0.1, -0.05) is 13.8 Å². The summed E-state index contributed by atoms with van der Waals surface area (Å²) in [6.45, 7) is 3.32. The van der Waals surface area contributed by atoms with Crippen LogP contribution in [0.15, 0.2) is 0 Å². The van der Waals surface area contributed by atoms with Crippen LogP contribution >= 0.6 is 0 Å². The topological polar surface area (TPSA) is 194 Å². The van der Waals surface area contributed by atoms with Crippen LogP contribution in [-0.2, 0) is 19.1 Å². The minimum atomic E-state index is -1.99. The maximum Gasteiger partial charge on any atom is 0.318 e. The molecule has 5 atom stereocenters. The molecule has 0 aliphatic carbocycles. The molecule has 1 heterocycles. The van der Waals surface area contributed by atoms with Gasteiger partial charge in [-0.05, 0) is 0 Å². The predicted octanol–water partition coefficient (Wildman–Crippen LogP) is -2.90. The van der Waals surface area contributed by atoms with Crippen LogP contribution in [0.4, 0.5) is 0 Å². The summed E-state index contributed by atoms with van der Waals surface area (Å²) >= 11 is 0. The zero-order valence-electron chi connectivity index (χ0n) is 13.2. The number of carbonyl (C=O) groups excluding carboxylic acids is 1. The number of carboxylic acids is 2. The van der Waals surface area contributed by atoms with Gasteiger partial charge < -0.3 is 40.7 Å². The Morgan fingerprint density at radius 1 is 1.04 bits per heavy atom. The SMILES string of the molecule is CC.O=C(CC(C(=O)O)C(=O)O)N[C@H]1C(O)O[C@H](CO)[C@@H](O)[C@@H]1O. The normalized spacial score (nSPS) is 29.4. The highest BCUT2D eigenvalue weighted by Crippen LogP contribution is 2.20. The molecule has 0 radical (unpaired) electrons. The number of nitrogens with one attached hydrogen (secondary N) is 1. The van der Waals surface area contributed by atoms with Gasteiger partial charge in [0.1, 0.15) is 24.4 Å². The highest BCUT2D eigenvalue weighted by Gasteiger charge is 2.44. The second-order valence-electron chi connectivity index (χ2n) is 4.76. The molecule has 0 bridgehead atoms. The first-order valence-corrected chi connectivity index (χ1v) is 7.24. The molecule has 1 rings (SSSR count). The van der Waals surface area contributed by atoms with Crippen LogP contribution in [0, 0.1) is 5.92 Å². The lowest BCUT2D eigenvalue weighted by Crippen LogP contribution is -2.64. The van der Waals surface area contributed by atoms with Gasteiger partial charge in [0.15, 0.2) is 12.2 Å². The lowest BCUT2D eigenvalue weighted by molar-refractivity contribution is -0.253. The monoisotopic (exact) mass is 353 g/mol. The summed E-state index contributed by atoms with van der Waals surface area (Å²) in [6.07, 6.45) is -7.26. The summed E-state index contributed by atoms with van der Waals surface area (Å²) < 4.78 is 4.78. The van der Waals surface area contributed by atoms with E-state index >= 15 is 0 Å². The number of hydrogen-bond acceptors (Lipinski definition) is 8. The largest absolute Gasteiger partial charge is 0.481 e. The molecule has 7 N–H and O–H groups in total. The van der Waals surface area contributed by atoms with E-state index in [1.54, 1.807) is 0 Å². The quantitative estimate of drug-likeness (QED) is 0.243. The van der Waals surface area contributed by atoms with E-state index in [0.717, 1.165) is 0 Å². The number of aliphatic hydroxyl groups is 4. The molecule has 140 valence electrons. The van der Waals surface area contributed by atoms with Crippen molar-refractivity contribution in [3.05, 3.63) is 0 Å². The average molecular weight is 353 g/mol. The molecule has 1 aliphatic rings. The third-order valence-electron chi connectivity index (χ3n) is 3.21. The number of carboxylic acid groups (broad SMARTS) is 2. The van der Waals surface area contributed by atoms with E-state index in [-0.39, 0.29) is 0 Å². The van der Waals surface area contributed by atoms with Crippen molar-refractivity contribution in [2.45, 2.75) is 50.9 Å². The van der Waals surface area contributed by atoms with Crippen LogP contribution in [0.5, 0.6) is 0 Å². The molecular formula is C13H23NO10. The van der Waals surface area contributed by atoms with Gasteiger partial charge in [-0.25, -0.2) is 0 Å². The van der Waals surface area contributed by atoms with Gasteiger partial charge in [0.05, 0.1) is 13.0 Å². The number of amides is 1. The molecule has 1 amide bonds. The molecule has 0 aromatic heterocycles. The van der Waals surface area contributed by atoms with Crippen molar-refractivity contribution in [2.75, 3.05) is 6.61 Å². The Balaban J connectivity index is 0.00000254. The van der Waals surface area contributed by atoms with E-state index < -0.39 is 67.4 Å². The van der Waals surface area contributed by atoms with Gasteiger partial charge in [0.2, 0.25) is 5.91 Å². The molecule has 11 heteroatoms. The lowest BCUT2D eigenvalue weighted by atomic mass is 9.96. The first-order valence-electron chi connectivity index (χ1n) is 7.24. The summed E-state index contributed by atoms with van der Waals surface area (Å²) in [5.74, 6) is -6.50. The number of aliphatic hydroxyl groups excluding tert-OH is 4. The highest BCUT2D eigenvalue weighted by molar-refractivity contribution is 5.97. The van der Waals surface area contributed by atoms with Crippen molar-refractivity contribution in [2.24, 2.45) is 5.92 Å². The number of carbonyl (C=O) groups is 3. The van der Waals surface area contributed by atoms with E-state index in [1.165, 1.54) is 0 Å². The molecule has 0 saturated carbocycles. The van der Waals surface area contributed by atoms with Crippen molar-refractivity contribution < 1.29 is 49.8 Å². The molecule has 1 aliphatic heterocycles. The molecular weight excluding hydrogens is 330 g/mol. The predicted molar refractivity (Wildman–Crippen MR) is 76.6 cm³/mol. The zero-order valence-corrected chi connectivity index (χ0v) is 13.2. The number of aliphatic carboxylic acids is 2. The summed E-state index contributed by atoms with van der Waals surface area (Å²) in [5, 5.41) is 57.2. The first kappa shape index (κ1) is 22.2. The summed E-state index contributed by atoms with van der Waals surface area (Å²) in [5.41, 5.74) is 0. The van der Waals surface area contributed by atoms with Gasteiger partial charge in [-0.2, -0.15) is 0 Å². The zero-order chi connectivity index (χ0) is 19.0. The smallest absolute Gasteiger partial charge is 0.318 e. The molecule has 0 aromatic carbocycles. The highest BCUT2D eigenvalue weighted by atomic mass is 16.6. The fourth-order valence-electron chi connectivity index (χ4n) is 1.96.